The molecule has 0 amide bonds. The summed E-state index contributed by atoms with van der Waals surface area (Å²) >= 11 is 0. The smallest absolute Gasteiger partial charge is 0.386 e. The van der Waals surface area contributed by atoms with Gasteiger partial charge >= 0.3 is 6.18 Å². The van der Waals surface area contributed by atoms with E-state index in [1.54, 1.807) is 0 Å². The Balaban J connectivity index is 2.50. The highest BCUT2D eigenvalue weighted by Gasteiger charge is 2.31. The zero-order valence-corrected chi connectivity index (χ0v) is 15.8. The van der Waals surface area contributed by atoms with Gasteiger partial charge in [0.15, 0.2) is 0 Å². The molecule has 0 heterocycles. The fraction of sp³-hybridized carbons (Fsp3) is 0.200. The van der Waals surface area contributed by atoms with E-state index in [9.17, 15) is 30.0 Å². The van der Waals surface area contributed by atoms with Gasteiger partial charge in [-0.3, -0.25) is 4.72 Å². The Labute approximate surface area is 154 Å². The molecule has 27 heavy (non-hydrogen) atoms. The molecular weight excluding hydrogens is 407 g/mol. The Bertz CT molecular complexity index is 1050. The summed E-state index contributed by atoms with van der Waals surface area (Å²) in [5, 5.41) is 2.68. The van der Waals surface area contributed by atoms with Crippen molar-refractivity contribution in [1.82, 2.24) is 4.72 Å². The molecule has 0 atom stereocenters. The van der Waals surface area contributed by atoms with Crippen LogP contribution < -0.4 is 14.8 Å². The molecule has 0 aliphatic heterocycles. The number of benzene rings is 2. The minimum absolute atomic E-state index is 0.133. The van der Waals surface area contributed by atoms with Crippen LogP contribution in [0.5, 0.6) is 0 Å². The van der Waals surface area contributed by atoms with Gasteiger partial charge in [0.2, 0.25) is 10.0 Å². The van der Waals surface area contributed by atoms with Crippen LogP contribution in [0.3, 0.4) is 0 Å². The monoisotopic (exact) mass is 423 g/mol. The Morgan fingerprint density at radius 2 is 1.44 bits per heavy atom. The van der Waals surface area contributed by atoms with E-state index in [-0.39, 0.29) is 16.3 Å². The van der Waals surface area contributed by atoms with Crippen LogP contribution in [-0.2, 0) is 26.2 Å². The average molecular weight is 423 g/mol. The lowest BCUT2D eigenvalue weighted by Gasteiger charge is -2.15. The molecule has 7 nitrogen and oxygen atoms in total. The number of hydrogen-bond acceptors (Lipinski definition) is 5. The van der Waals surface area contributed by atoms with Crippen LogP contribution in [0.15, 0.2) is 52.3 Å². The number of alkyl halides is 3. The molecule has 12 heteroatoms. The fourth-order valence-corrected chi connectivity index (χ4v) is 4.03. The van der Waals surface area contributed by atoms with Crippen LogP contribution in [0.4, 0.5) is 24.5 Å². The van der Waals surface area contributed by atoms with E-state index in [0.29, 0.717) is 6.07 Å². The highest BCUT2D eigenvalue weighted by molar-refractivity contribution is 7.92. The van der Waals surface area contributed by atoms with Crippen LogP contribution in [0.25, 0.3) is 0 Å². The molecule has 0 aromatic heterocycles. The normalized spacial score (nSPS) is 12.6. The number of halogens is 3. The van der Waals surface area contributed by atoms with Crippen LogP contribution in [0, 0.1) is 0 Å². The summed E-state index contributed by atoms with van der Waals surface area (Å²) < 4.78 is 91.5. The van der Waals surface area contributed by atoms with Crippen LogP contribution in [0.2, 0.25) is 0 Å². The number of sulfonamides is 2. The molecule has 0 saturated heterocycles. The first-order valence-corrected chi connectivity index (χ1v) is 10.3. The zero-order chi connectivity index (χ0) is 20.5. The van der Waals surface area contributed by atoms with Gasteiger partial charge in [-0.05, 0) is 43.4 Å². The average Bonchev–Trinajstić information content (AvgIpc) is 2.60. The minimum Gasteiger partial charge on any atom is -0.386 e. The third-order valence-electron chi connectivity index (χ3n) is 3.56. The zero-order valence-electron chi connectivity index (χ0n) is 14.1. The second-order valence-corrected chi connectivity index (χ2v) is 8.86. The molecular formula is C15H16F3N3O4S2. The van der Waals surface area contributed by atoms with Crippen molar-refractivity contribution in [2.75, 3.05) is 24.1 Å². The van der Waals surface area contributed by atoms with Gasteiger partial charge in [-0.15, -0.1) is 0 Å². The topological polar surface area (TPSA) is 104 Å². The Morgan fingerprint density at radius 3 is 2.00 bits per heavy atom. The lowest BCUT2D eigenvalue weighted by atomic mass is 10.2. The summed E-state index contributed by atoms with van der Waals surface area (Å²) in [5.74, 6) is 0. The standard InChI is InChI=1S/C15H16F3N3O4S2/c1-19-13-7-6-12(26(22,23)20-2)9-14(13)21-27(24,25)11-5-3-4-10(8-11)15(16,17)18/h3-9,19-21H,1-2H3. The molecule has 2 aromatic rings. The van der Waals surface area contributed by atoms with E-state index in [1.165, 1.54) is 26.2 Å². The third-order valence-corrected chi connectivity index (χ3v) is 6.33. The minimum atomic E-state index is -4.71. The SMILES string of the molecule is CNc1ccc(S(=O)(=O)NC)cc1NS(=O)(=O)c1cccc(C(F)(F)F)c1. The van der Waals surface area contributed by atoms with Gasteiger partial charge in [0.1, 0.15) is 0 Å². The summed E-state index contributed by atoms with van der Waals surface area (Å²) in [6.07, 6.45) is -4.71. The summed E-state index contributed by atoms with van der Waals surface area (Å²) in [6, 6.07) is 6.85. The first-order chi connectivity index (χ1) is 12.4. The van der Waals surface area contributed by atoms with Gasteiger partial charge < -0.3 is 5.32 Å². The quantitative estimate of drug-likeness (QED) is 0.662. The maximum Gasteiger partial charge on any atom is 0.416 e. The molecule has 2 aromatic carbocycles. The summed E-state index contributed by atoms with van der Waals surface area (Å²) in [6.45, 7) is 0. The molecule has 0 spiro atoms. The fourth-order valence-electron chi connectivity index (χ4n) is 2.15. The lowest BCUT2D eigenvalue weighted by molar-refractivity contribution is -0.137. The molecule has 0 radical (unpaired) electrons. The van der Waals surface area contributed by atoms with Crippen molar-refractivity contribution in [2.45, 2.75) is 16.0 Å². The maximum absolute atomic E-state index is 12.8. The van der Waals surface area contributed by atoms with Crippen molar-refractivity contribution >= 4 is 31.4 Å². The second-order valence-electron chi connectivity index (χ2n) is 5.30. The molecule has 0 unspecified atom stereocenters. The molecule has 0 aliphatic carbocycles. The molecule has 0 saturated carbocycles. The van der Waals surface area contributed by atoms with E-state index in [4.69, 9.17) is 0 Å². The van der Waals surface area contributed by atoms with Crippen LogP contribution in [-0.4, -0.2) is 30.9 Å². The number of anilines is 2. The molecule has 0 bridgehead atoms. The largest absolute Gasteiger partial charge is 0.416 e. The van der Waals surface area contributed by atoms with Crippen molar-refractivity contribution in [1.29, 1.82) is 0 Å². The molecule has 0 fully saturated rings. The maximum atomic E-state index is 12.8. The van der Waals surface area contributed by atoms with Crippen LogP contribution in [0.1, 0.15) is 5.56 Å². The number of nitrogens with one attached hydrogen (secondary N) is 3. The van der Waals surface area contributed by atoms with E-state index in [2.05, 4.69) is 14.8 Å². The Morgan fingerprint density at radius 1 is 0.815 bits per heavy atom. The highest BCUT2D eigenvalue weighted by Crippen LogP contribution is 2.32. The van der Waals surface area contributed by atoms with Gasteiger partial charge in [-0.25, -0.2) is 21.6 Å². The second kappa shape index (κ2) is 7.37. The highest BCUT2D eigenvalue weighted by atomic mass is 32.2. The van der Waals surface area contributed by atoms with Gasteiger partial charge in [-0.1, -0.05) is 6.07 Å². The summed E-state index contributed by atoms with van der Waals surface area (Å²) in [7, 11) is -5.59. The van der Waals surface area contributed by atoms with Crippen molar-refractivity contribution < 1.29 is 30.0 Å². The molecule has 2 rings (SSSR count). The molecule has 0 aliphatic rings. The summed E-state index contributed by atoms with van der Waals surface area (Å²) in [4.78, 5) is -0.827. The first kappa shape index (κ1) is 21.0. The number of rotatable bonds is 6. The van der Waals surface area contributed by atoms with Gasteiger partial charge in [0.25, 0.3) is 10.0 Å². The van der Waals surface area contributed by atoms with Crippen molar-refractivity contribution in [2.24, 2.45) is 0 Å². The van der Waals surface area contributed by atoms with Crippen molar-refractivity contribution in [3.05, 3.63) is 48.0 Å². The number of hydrogen-bond donors (Lipinski definition) is 3. The van der Waals surface area contributed by atoms with Crippen molar-refractivity contribution in [3.63, 3.8) is 0 Å². The van der Waals surface area contributed by atoms with Gasteiger partial charge in [0.05, 0.1) is 26.7 Å². The van der Waals surface area contributed by atoms with E-state index >= 15 is 0 Å². The Kier molecular flexibility index (Phi) is 5.73. The van der Waals surface area contributed by atoms with Gasteiger partial charge in [-0.2, -0.15) is 13.2 Å². The summed E-state index contributed by atoms with van der Waals surface area (Å²) in [5.41, 5.74) is -1.02. The molecule has 148 valence electrons. The van der Waals surface area contributed by atoms with Crippen LogP contribution >= 0.6 is 0 Å². The lowest BCUT2D eigenvalue weighted by Crippen LogP contribution is -2.20. The van der Waals surface area contributed by atoms with E-state index in [0.717, 1.165) is 24.3 Å². The molecule has 3 N–H and O–H groups in total. The van der Waals surface area contributed by atoms with E-state index < -0.39 is 36.7 Å². The predicted octanol–water partition coefficient (Wildman–Crippen LogP) is 2.46. The predicted molar refractivity (Wildman–Crippen MR) is 94.5 cm³/mol. The Hall–Kier alpha value is -2.31. The van der Waals surface area contributed by atoms with Crippen molar-refractivity contribution in [3.8, 4) is 0 Å². The van der Waals surface area contributed by atoms with E-state index in [1.807, 2.05) is 0 Å². The third kappa shape index (κ3) is 4.70. The van der Waals surface area contributed by atoms with Gasteiger partial charge in [0, 0.05) is 7.05 Å². The first-order valence-electron chi connectivity index (χ1n) is 7.36.